The molecule has 0 fully saturated rings. The summed E-state index contributed by atoms with van der Waals surface area (Å²) in [6.07, 6.45) is 0.646. The molecule has 1 N–H and O–H groups in total. The van der Waals surface area contributed by atoms with Gasteiger partial charge in [0, 0.05) is 0 Å². The minimum Gasteiger partial charge on any atom is -0.301 e. The summed E-state index contributed by atoms with van der Waals surface area (Å²) in [5.41, 5.74) is 0.625. The van der Waals surface area contributed by atoms with Crippen molar-refractivity contribution in [2.24, 2.45) is 0 Å². The van der Waals surface area contributed by atoms with Crippen LogP contribution in [-0.2, 0) is 4.79 Å². The Morgan fingerprint density at radius 2 is 2.00 bits per heavy atom. The van der Waals surface area contributed by atoms with Gasteiger partial charge in [-0.15, -0.1) is 0 Å². The van der Waals surface area contributed by atoms with Gasteiger partial charge in [0.1, 0.15) is 12.8 Å². The third-order valence-electron chi connectivity index (χ3n) is 1.30. The molecule has 0 aromatic heterocycles. The molecule has 11 heavy (non-hydrogen) atoms. The van der Waals surface area contributed by atoms with Crippen LogP contribution in [-0.4, -0.2) is 18.0 Å². The maximum absolute atomic E-state index is 9.99. The summed E-state index contributed by atoms with van der Waals surface area (Å²) in [7, 11) is 0. The molecule has 0 radical (unpaired) electrons. The predicted molar refractivity (Wildman–Crippen MR) is 41.6 cm³/mol. The van der Waals surface area contributed by atoms with Crippen LogP contribution < -0.4 is 5.06 Å². The first-order valence-electron chi connectivity index (χ1n) is 3.29. The minimum atomic E-state index is 0.00398. The van der Waals surface area contributed by atoms with Crippen LogP contribution >= 0.6 is 0 Å². The van der Waals surface area contributed by atoms with E-state index < -0.39 is 0 Å². The lowest BCUT2D eigenvalue weighted by molar-refractivity contribution is -0.107. The average Bonchev–Trinajstić information content (AvgIpc) is 2.07. The summed E-state index contributed by atoms with van der Waals surface area (Å²) in [6.45, 7) is 0.00398. The number of carbonyl (C=O) groups is 1. The number of hydrogen-bond donors (Lipinski definition) is 1. The van der Waals surface area contributed by atoms with E-state index in [1.54, 1.807) is 24.3 Å². The van der Waals surface area contributed by atoms with E-state index in [4.69, 9.17) is 5.21 Å². The topological polar surface area (TPSA) is 40.5 Å². The Morgan fingerprint density at radius 3 is 2.55 bits per heavy atom. The van der Waals surface area contributed by atoms with Crippen LogP contribution in [0, 0.1) is 0 Å². The summed E-state index contributed by atoms with van der Waals surface area (Å²) < 4.78 is 0. The fourth-order valence-corrected chi connectivity index (χ4v) is 0.776. The molecule has 0 spiro atoms. The maximum atomic E-state index is 9.99. The average molecular weight is 151 g/mol. The number of benzene rings is 1. The molecule has 1 aromatic carbocycles. The van der Waals surface area contributed by atoms with Crippen molar-refractivity contribution >= 4 is 12.0 Å². The number of anilines is 1. The molecule has 0 unspecified atom stereocenters. The third kappa shape index (κ3) is 2.05. The molecule has 0 amide bonds. The standard InChI is InChI=1S/C8H9NO2/c10-7-6-9(11)8-4-2-1-3-5-8/h1-5,7,11H,6H2. The molecule has 0 aliphatic carbocycles. The fourth-order valence-electron chi connectivity index (χ4n) is 0.776. The number of para-hydroxylation sites is 1. The first kappa shape index (κ1) is 7.75. The van der Waals surface area contributed by atoms with Gasteiger partial charge in [0.25, 0.3) is 0 Å². The van der Waals surface area contributed by atoms with Gasteiger partial charge in [0.05, 0.1) is 5.69 Å². The zero-order chi connectivity index (χ0) is 8.10. The minimum absolute atomic E-state index is 0.00398. The number of carbonyl (C=O) groups excluding carboxylic acids is 1. The third-order valence-corrected chi connectivity index (χ3v) is 1.30. The van der Waals surface area contributed by atoms with Crippen molar-refractivity contribution in [3.63, 3.8) is 0 Å². The molecule has 0 saturated carbocycles. The quantitative estimate of drug-likeness (QED) is 0.519. The summed E-state index contributed by atoms with van der Waals surface area (Å²) in [5, 5.41) is 10.0. The van der Waals surface area contributed by atoms with Gasteiger partial charge in [0.15, 0.2) is 0 Å². The van der Waals surface area contributed by atoms with Crippen LogP contribution in [0.2, 0.25) is 0 Å². The number of hydroxylamine groups is 1. The highest BCUT2D eigenvalue weighted by atomic mass is 16.5. The Hall–Kier alpha value is -1.35. The van der Waals surface area contributed by atoms with Crippen molar-refractivity contribution in [2.45, 2.75) is 0 Å². The Bertz CT molecular complexity index is 223. The fraction of sp³-hybridized carbons (Fsp3) is 0.125. The highest BCUT2D eigenvalue weighted by Crippen LogP contribution is 2.08. The molecular formula is C8H9NO2. The van der Waals surface area contributed by atoms with Crippen LogP contribution in [0.1, 0.15) is 0 Å². The first-order valence-corrected chi connectivity index (χ1v) is 3.29. The van der Waals surface area contributed by atoms with Crippen LogP contribution in [0.25, 0.3) is 0 Å². The SMILES string of the molecule is O=CCN(O)c1ccccc1. The van der Waals surface area contributed by atoms with Crippen molar-refractivity contribution in [2.75, 3.05) is 11.6 Å². The Morgan fingerprint density at radius 1 is 1.36 bits per heavy atom. The molecule has 58 valence electrons. The molecule has 0 aliphatic heterocycles. The van der Waals surface area contributed by atoms with Crippen LogP contribution in [0.3, 0.4) is 0 Å². The number of nitrogens with zero attached hydrogens (tertiary/aromatic N) is 1. The van der Waals surface area contributed by atoms with Gasteiger partial charge in [0.2, 0.25) is 0 Å². The van der Waals surface area contributed by atoms with Crippen molar-refractivity contribution in [1.82, 2.24) is 0 Å². The summed E-state index contributed by atoms with van der Waals surface area (Å²) in [6, 6.07) is 8.89. The predicted octanol–water partition coefficient (Wildman–Crippen LogP) is 1.08. The largest absolute Gasteiger partial charge is 0.301 e. The normalized spacial score (nSPS) is 9.18. The van der Waals surface area contributed by atoms with E-state index >= 15 is 0 Å². The number of rotatable bonds is 3. The molecule has 0 saturated heterocycles. The Balaban J connectivity index is 2.68. The molecule has 0 heterocycles. The van der Waals surface area contributed by atoms with E-state index in [9.17, 15) is 4.79 Å². The zero-order valence-corrected chi connectivity index (χ0v) is 5.97. The van der Waals surface area contributed by atoms with Crippen LogP contribution in [0.5, 0.6) is 0 Å². The second-order valence-corrected chi connectivity index (χ2v) is 2.08. The molecular weight excluding hydrogens is 142 g/mol. The molecule has 3 heteroatoms. The van der Waals surface area contributed by atoms with Gasteiger partial charge in [-0.2, -0.15) is 0 Å². The van der Waals surface area contributed by atoms with Crippen molar-refractivity contribution in [3.05, 3.63) is 30.3 Å². The summed E-state index contributed by atoms with van der Waals surface area (Å²) >= 11 is 0. The molecule has 1 rings (SSSR count). The van der Waals surface area contributed by atoms with E-state index in [0.717, 1.165) is 5.06 Å². The van der Waals surface area contributed by atoms with E-state index in [0.29, 0.717) is 12.0 Å². The molecule has 0 atom stereocenters. The van der Waals surface area contributed by atoms with Gasteiger partial charge >= 0.3 is 0 Å². The highest BCUT2D eigenvalue weighted by Gasteiger charge is 1.97. The maximum Gasteiger partial charge on any atom is 0.141 e. The zero-order valence-electron chi connectivity index (χ0n) is 5.97. The van der Waals surface area contributed by atoms with E-state index in [2.05, 4.69) is 0 Å². The smallest absolute Gasteiger partial charge is 0.141 e. The lowest BCUT2D eigenvalue weighted by atomic mass is 10.3. The van der Waals surface area contributed by atoms with Gasteiger partial charge in [-0.1, -0.05) is 18.2 Å². The Labute approximate surface area is 64.8 Å². The van der Waals surface area contributed by atoms with Gasteiger partial charge < -0.3 is 4.79 Å². The number of hydrogen-bond acceptors (Lipinski definition) is 3. The van der Waals surface area contributed by atoms with Crippen LogP contribution in [0.15, 0.2) is 30.3 Å². The molecule has 0 bridgehead atoms. The number of aldehydes is 1. The first-order chi connectivity index (χ1) is 5.34. The second-order valence-electron chi connectivity index (χ2n) is 2.08. The lowest BCUT2D eigenvalue weighted by Gasteiger charge is -2.12. The van der Waals surface area contributed by atoms with Gasteiger partial charge in [-0.3, -0.25) is 5.21 Å². The summed E-state index contributed by atoms with van der Waals surface area (Å²) in [5.74, 6) is 0. The van der Waals surface area contributed by atoms with Crippen molar-refractivity contribution < 1.29 is 10.0 Å². The van der Waals surface area contributed by atoms with E-state index in [1.807, 2.05) is 6.07 Å². The molecule has 0 aliphatic rings. The van der Waals surface area contributed by atoms with Crippen LogP contribution in [0.4, 0.5) is 5.69 Å². The lowest BCUT2D eigenvalue weighted by Crippen LogP contribution is -2.19. The molecule has 3 nitrogen and oxygen atoms in total. The monoisotopic (exact) mass is 151 g/mol. The summed E-state index contributed by atoms with van der Waals surface area (Å²) in [4.78, 5) is 9.99. The second kappa shape index (κ2) is 3.73. The highest BCUT2D eigenvalue weighted by molar-refractivity contribution is 5.59. The molecule has 1 aromatic rings. The Kier molecular flexibility index (Phi) is 2.63. The van der Waals surface area contributed by atoms with Crippen molar-refractivity contribution in [3.8, 4) is 0 Å². The van der Waals surface area contributed by atoms with Crippen molar-refractivity contribution in [1.29, 1.82) is 0 Å². The van der Waals surface area contributed by atoms with Gasteiger partial charge in [-0.05, 0) is 12.1 Å². The van der Waals surface area contributed by atoms with E-state index in [-0.39, 0.29) is 6.54 Å². The van der Waals surface area contributed by atoms with Gasteiger partial charge in [-0.25, -0.2) is 5.06 Å². The van der Waals surface area contributed by atoms with E-state index in [1.165, 1.54) is 0 Å².